The van der Waals surface area contributed by atoms with Crippen molar-refractivity contribution >= 4 is 27.6 Å². The lowest BCUT2D eigenvalue weighted by Crippen LogP contribution is -2.41. The number of piperidine rings is 1. The molecule has 5 heteroatoms. The smallest absolute Gasteiger partial charge is 0.256 e. The van der Waals surface area contributed by atoms with Gasteiger partial charge in [-0.2, -0.15) is 0 Å². The van der Waals surface area contributed by atoms with Crippen LogP contribution in [0.3, 0.4) is 0 Å². The van der Waals surface area contributed by atoms with E-state index >= 15 is 0 Å². The summed E-state index contributed by atoms with van der Waals surface area (Å²) in [5, 5.41) is 3.23. The average molecular weight is 362 g/mol. The van der Waals surface area contributed by atoms with E-state index < -0.39 is 0 Å². The quantitative estimate of drug-likeness (QED) is 0.654. The summed E-state index contributed by atoms with van der Waals surface area (Å²) in [5.41, 5.74) is 1.47. The predicted molar refractivity (Wildman–Crippen MR) is 104 cm³/mol. The highest BCUT2D eigenvalue weighted by atomic mass is 16.7. The Hall–Kier alpha value is -2.50. The number of ether oxygens (including phenoxy) is 2. The number of aromatic nitrogens is 1. The Morgan fingerprint density at radius 2 is 1.74 bits per heavy atom. The van der Waals surface area contributed by atoms with Crippen molar-refractivity contribution in [1.82, 2.24) is 9.88 Å². The van der Waals surface area contributed by atoms with Gasteiger partial charge in [-0.05, 0) is 35.7 Å². The van der Waals surface area contributed by atoms with Crippen LogP contribution < -0.4 is 0 Å². The molecule has 1 amide bonds. The monoisotopic (exact) mass is 362 g/mol. The Balaban J connectivity index is 1.45. The first kappa shape index (κ1) is 16.7. The average Bonchev–Trinajstić information content (AvgIpc) is 3.28. The number of carbonyl (C=O) groups is 1. The largest absolute Gasteiger partial charge is 0.350 e. The number of benzene rings is 2. The molecule has 0 aliphatic carbocycles. The second-order valence-electron chi connectivity index (χ2n) is 7.28. The Morgan fingerprint density at radius 3 is 2.56 bits per heavy atom. The fourth-order valence-corrected chi connectivity index (χ4v) is 4.29. The van der Waals surface area contributed by atoms with E-state index in [9.17, 15) is 4.79 Å². The summed E-state index contributed by atoms with van der Waals surface area (Å²) in [6.07, 6.45) is 3.49. The molecule has 0 atom stereocenters. The number of fused-ring (bicyclic) bond motifs is 3. The molecule has 0 N–H and O–H groups in total. The van der Waals surface area contributed by atoms with Gasteiger partial charge in [-0.1, -0.05) is 30.3 Å². The van der Waals surface area contributed by atoms with Gasteiger partial charge < -0.3 is 14.4 Å². The zero-order valence-electron chi connectivity index (χ0n) is 15.1. The maximum absolute atomic E-state index is 13.3. The van der Waals surface area contributed by atoms with Crippen LogP contribution in [-0.2, 0) is 9.47 Å². The van der Waals surface area contributed by atoms with Gasteiger partial charge in [0.05, 0.1) is 24.3 Å². The number of carbonyl (C=O) groups excluding carboxylic acids is 1. The first-order chi connectivity index (χ1) is 13.3. The van der Waals surface area contributed by atoms with E-state index in [1.165, 1.54) is 0 Å². The van der Waals surface area contributed by atoms with E-state index in [2.05, 4.69) is 17.1 Å². The van der Waals surface area contributed by atoms with Gasteiger partial charge in [-0.15, -0.1) is 0 Å². The minimum Gasteiger partial charge on any atom is -0.350 e. The highest BCUT2D eigenvalue weighted by molar-refractivity contribution is 6.15. The first-order valence-electron chi connectivity index (χ1n) is 9.60. The number of likely N-dealkylation sites (tertiary alicyclic amines) is 1. The highest BCUT2D eigenvalue weighted by Crippen LogP contribution is 2.30. The molecule has 5 nitrogen and oxygen atoms in total. The van der Waals surface area contributed by atoms with Gasteiger partial charge in [0.25, 0.3) is 5.91 Å². The van der Waals surface area contributed by atoms with Crippen LogP contribution in [0.4, 0.5) is 0 Å². The molecule has 3 heterocycles. The molecule has 2 aliphatic heterocycles. The van der Waals surface area contributed by atoms with Crippen molar-refractivity contribution < 1.29 is 14.3 Å². The summed E-state index contributed by atoms with van der Waals surface area (Å²) in [6, 6.07) is 14.1. The summed E-state index contributed by atoms with van der Waals surface area (Å²) in [4.78, 5) is 19.8. The van der Waals surface area contributed by atoms with Gasteiger partial charge in [0.2, 0.25) is 0 Å². The van der Waals surface area contributed by atoms with Gasteiger partial charge in [-0.25, -0.2) is 0 Å². The van der Waals surface area contributed by atoms with E-state index in [1.807, 2.05) is 35.2 Å². The van der Waals surface area contributed by atoms with Crippen LogP contribution in [0.25, 0.3) is 21.7 Å². The summed E-state index contributed by atoms with van der Waals surface area (Å²) in [7, 11) is 0. The molecule has 0 radical (unpaired) electrons. The SMILES string of the molecule is O=C(c1cc2ccccc2c2cccnc12)N1CCC(C2OCCO2)CC1. The van der Waals surface area contributed by atoms with Crippen molar-refractivity contribution in [2.75, 3.05) is 26.3 Å². The maximum Gasteiger partial charge on any atom is 0.256 e. The standard InChI is InChI=1S/C22H22N2O3/c25-21(24-10-7-15(8-11-24)22-26-12-13-27-22)19-14-16-4-1-2-5-17(16)18-6-3-9-23-20(18)19/h1-6,9,14-15,22H,7-8,10-13H2. The van der Waals surface area contributed by atoms with E-state index in [0.29, 0.717) is 24.7 Å². The summed E-state index contributed by atoms with van der Waals surface area (Å²) in [6.45, 7) is 2.82. The molecule has 2 aromatic carbocycles. The Morgan fingerprint density at radius 1 is 1.00 bits per heavy atom. The van der Waals surface area contributed by atoms with Crippen LogP contribution in [0.15, 0.2) is 48.7 Å². The zero-order chi connectivity index (χ0) is 18.2. The van der Waals surface area contributed by atoms with Crippen molar-refractivity contribution in [3.63, 3.8) is 0 Å². The summed E-state index contributed by atoms with van der Waals surface area (Å²) in [5.74, 6) is 0.444. The van der Waals surface area contributed by atoms with Crippen LogP contribution in [0.5, 0.6) is 0 Å². The van der Waals surface area contributed by atoms with Crippen LogP contribution >= 0.6 is 0 Å². The molecule has 0 saturated carbocycles. The second kappa shape index (κ2) is 6.91. The highest BCUT2D eigenvalue weighted by Gasteiger charge is 2.32. The normalized spacial score (nSPS) is 19.2. The lowest BCUT2D eigenvalue weighted by Gasteiger charge is -2.34. The fraction of sp³-hybridized carbons (Fsp3) is 0.364. The van der Waals surface area contributed by atoms with E-state index in [1.54, 1.807) is 6.20 Å². The van der Waals surface area contributed by atoms with E-state index in [4.69, 9.17) is 9.47 Å². The van der Waals surface area contributed by atoms with Crippen molar-refractivity contribution in [3.8, 4) is 0 Å². The van der Waals surface area contributed by atoms with Gasteiger partial charge in [0.15, 0.2) is 6.29 Å². The molecule has 2 fully saturated rings. The Kier molecular flexibility index (Phi) is 4.26. The third-order valence-electron chi connectivity index (χ3n) is 5.70. The third-order valence-corrected chi connectivity index (χ3v) is 5.70. The van der Waals surface area contributed by atoms with Crippen LogP contribution in [0.2, 0.25) is 0 Å². The lowest BCUT2D eigenvalue weighted by atomic mass is 9.94. The van der Waals surface area contributed by atoms with Crippen molar-refractivity contribution in [2.24, 2.45) is 5.92 Å². The van der Waals surface area contributed by atoms with Gasteiger partial charge >= 0.3 is 0 Å². The zero-order valence-corrected chi connectivity index (χ0v) is 15.1. The molecule has 0 unspecified atom stereocenters. The Labute approximate surface area is 157 Å². The van der Waals surface area contributed by atoms with Crippen LogP contribution in [0, 0.1) is 5.92 Å². The molecule has 0 spiro atoms. The van der Waals surface area contributed by atoms with Crippen molar-refractivity contribution in [3.05, 3.63) is 54.2 Å². The molecule has 0 bridgehead atoms. The maximum atomic E-state index is 13.3. The summed E-state index contributed by atoms with van der Waals surface area (Å²) < 4.78 is 11.3. The first-order valence-corrected chi connectivity index (χ1v) is 9.60. The number of pyridine rings is 1. The number of nitrogens with zero attached hydrogens (tertiary/aromatic N) is 2. The second-order valence-corrected chi connectivity index (χ2v) is 7.28. The lowest BCUT2D eigenvalue weighted by molar-refractivity contribution is -0.0956. The van der Waals surface area contributed by atoms with Gasteiger partial charge in [0.1, 0.15) is 0 Å². The van der Waals surface area contributed by atoms with Crippen LogP contribution in [0.1, 0.15) is 23.2 Å². The topological polar surface area (TPSA) is 51.7 Å². The van der Waals surface area contributed by atoms with Gasteiger partial charge in [-0.3, -0.25) is 9.78 Å². The molecule has 1 aromatic heterocycles. The van der Waals surface area contributed by atoms with Crippen LogP contribution in [-0.4, -0.2) is 48.4 Å². The van der Waals surface area contributed by atoms with Gasteiger partial charge in [0, 0.05) is 30.6 Å². The number of hydrogen-bond donors (Lipinski definition) is 0. The minimum absolute atomic E-state index is 0.0659. The number of amides is 1. The number of hydrogen-bond acceptors (Lipinski definition) is 4. The molecule has 2 aliphatic rings. The molecule has 2 saturated heterocycles. The summed E-state index contributed by atoms with van der Waals surface area (Å²) >= 11 is 0. The molecule has 5 rings (SSSR count). The van der Waals surface area contributed by atoms with E-state index in [-0.39, 0.29) is 12.2 Å². The molecule has 138 valence electrons. The molecular formula is C22H22N2O3. The molecule has 27 heavy (non-hydrogen) atoms. The van der Waals surface area contributed by atoms with E-state index in [0.717, 1.165) is 47.6 Å². The third kappa shape index (κ3) is 2.97. The fourth-order valence-electron chi connectivity index (χ4n) is 4.29. The molecule has 3 aromatic rings. The Bertz CT molecular complexity index is 989. The number of rotatable bonds is 2. The predicted octanol–water partition coefficient (Wildman–Crippen LogP) is 3.61. The minimum atomic E-state index is -0.0922. The molecular weight excluding hydrogens is 340 g/mol. The van der Waals surface area contributed by atoms with Crippen molar-refractivity contribution in [2.45, 2.75) is 19.1 Å². The van der Waals surface area contributed by atoms with Crippen molar-refractivity contribution in [1.29, 1.82) is 0 Å².